The molecule has 2 rings (SSSR count). The molecule has 0 saturated carbocycles. The van der Waals surface area contributed by atoms with E-state index in [1.165, 1.54) is 12.1 Å². The van der Waals surface area contributed by atoms with Crippen molar-refractivity contribution < 1.29 is 14.7 Å². The molecule has 1 aromatic rings. The van der Waals surface area contributed by atoms with Crippen LogP contribution in [0.15, 0.2) is 24.3 Å². The summed E-state index contributed by atoms with van der Waals surface area (Å²) < 4.78 is 0. The highest BCUT2D eigenvalue weighted by molar-refractivity contribution is 5.95. The lowest BCUT2D eigenvalue weighted by Gasteiger charge is -2.10. The van der Waals surface area contributed by atoms with Crippen LogP contribution in [-0.2, 0) is 4.79 Å². The molecule has 1 amide bonds. The summed E-state index contributed by atoms with van der Waals surface area (Å²) in [6.45, 7) is 0.871. The summed E-state index contributed by atoms with van der Waals surface area (Å²) >= 11 is 0. The molecular formula is C12H14N2O3. The Morgan fingerprint density at radius 2 is 2.00 bits per heavy atom. The first-order valence-electron chi connectivity index (χ1n) is 5.54. The fourth-order valence-electron chi connectivity index (χ4n) is 1.83. The van der Waals surface area contributed by atoms with Crippen LogP contribution in [0.2, 0.25) is 0 Å². The number of carbonyl (C=O) groups excluding carboxylic acids is 1. The van der Waals surface area contributed by atoms with E-state index < -0.39 is 5.97 Å². The number of amides is 1. The van der Waals surface area contributed by atoms with E-state index in [2.05, 4.69) is 10.6 Å². The maximum Gasteiger partial charge on any atom is 0.335 e. The van der Waals surface area contributed by atoms with Crippen LogP contribution in [0.5, 0.6) is 0 Å². The Bertz CT molecular complexity index is 422. The lowest BCUT2D eigenvalue weighted by Crippen LogP contribution is -2.35. The molecule has 0 spiro atoms. The second kappa shape index (κ2) is 4.97. The number of benzene rings is 1. The number of aromatic carboxylic acids is 1. The van der Waals surface area contributed by atoms with Crippen LogP contribution in [0.3, 0.4) is 0 Å². The zero-order chi connectivity index (χ0) is 12.3. The van der Waals surface area contributed by atoms with E-state index in [0.29, 0.717) is 5.69 Å². The first-order chi connectivity index (χ1) is 8.16. The van der Waals surface area contributed by atoms with E-state index in [-0.39, 0.29) is 17.5 Å². The Morgan fingerprint density at radius 1 is 1.29 bits per heavy atom. The zero-order valence-electron chi connectivity index (χ0n) is 9.27. The molecule has 3 N–H and O–H groups in total. The van der Waals surface area contributed by atoms with Gasteiger partial charge in [0, 0.05) is 5.69 Å². The number of nitrogens with one attached hydrogen (secondary N) is 2. The van der Waals surface area contributed by atoms with Gasteiger partial charge in [-0.05, 0) is 43.7 Å². The van der Waals surface area contributed by atoms with E-state index in [1.54, 1.807) is 12.1 Å². The molecule has 0 bridgehead atoms. The van der Waals surface area contributed by atoms with E-state index in [4.69, 9.17) is 5.11 Å². The fourth-order valence-corrected chi connectivity index (χ4v) is 1.83. The first-order valence-corrected chi connectivity index (χ1v) is 5.54. The van der Waals surface area contributed by atoms with Gasteiger partial charge in [-0.15, -0.1) is 0 Å². The normalized spacial score (nSPS) is 18.9. The van der Waals surface area contributed by atoms with Crippen LogP contribution in [0.4, 0.5) is 5.69 Å². The van der Waals surface area contributed by atoms with Crippen LogP contribution in [0.1, 0.15) is 23.2 Å². The van der Waals surface area contributed by atoms with Gasteiger partial charge in [0.15, 0.2) is 0 Å². The van der Waals surface area contributed by atoms with Crippen molar-refractivity contribution in [1.82, 2.24) is 5.32 Å². The summed E-state index contributed by atoms with van der Waals surface area (Å²) in [5.74, 6) is -1.04. The molecule has 5 heteroatoms. The van der Waals surface area contributed by atoms with E-state index in [9.17, 15) is 9.59 Å². The number of hydrogen-bond donors (Lipinski definition) is 3. The third kappa shape index (κ3) is 2.82. The monoisotopic (exact) mass is 234 g/mol. The smallest absolute Gasteiger partial charge is 0.335 e. The number of hydrogen-bond acceptors (Lipinski definition) is 3. The molecule has 1 fully saturated rings. The van der Waals surface area contributed by atoms with Crippen molar-refractivity contribution in [2.75, 3.05) is 11.9 Å². The highest BCUT2D eigenvalue weighted by Crippen LogP contribution is 2.12. The third-order valence-electron chi connectivity index (χ3n) is 2.78. The molecule has 90 valence electrons. The first kappa shape index (κ1) is 11.6. The van der Waals surface area contributed by atoms with Gasteiger partial charge in [-0.1, -0.05) is 0 Å². The van der Waals surface area contributed by atoms with Crippen molar-refractivity contribution in [2.45, 2.75) is 18.9 Å². The van der Waals surface area contributed by atoms with Gasteiger partial charge >= 0.3 is 5.97 Å². The topological polar surface area (TPSA) is 78.4 Å². The molecule has 0 aromatic heterocycles. The highest BCUT2D eigenvalue weighted by Gasteiger charge is 2.21. The number of carbonyl (C=O) groups is 2. The quantitative estimate of drug-likeness (QED) is 0.731. The van der Waals surface area contributed by atoms with E-state index >= 15 is 0 Å². The molecule has 1 aliphatic heterocycles. The molecule has 0 aliphatic carbocycles. The van der Waals surface area contributed by atoms with Gasteiger partial charge in [-0.2, -0.15) is 0 Å². The molecule has 1 saturated heterocycles. The largest absolute Gasteiger partial charge is 0.478 e. The van der Waals surface area contributed by atoms with Crippen molar-refractivity contribution in [3.63, 3.8) is 0 Å². The van der Waals surface area contributed by atoms with Gasteiger partial charge in [-0.25, -0.2) is 4.79 Å². The van der Waals surface area contributed by atoms with Gasteiger partial charge in [0.05, 0.1) is 11.6 Å². The summed E-state index contributed by atoms with van der Waals surface area (Å²) in [6.07, 6.45) is 1.86. The van der Waals surface area contributed by atoms with Crippen molar-refractivity contribution in [1.29, 1.82) is 0 Å². The Balaban J connectivity index is 1.98. The average molecular weight is 234 g/mol. The Labute approximate surface area is 98.8 Å². The van der Waals surface area contributed by atoms with Crippen molar-refractivity contribution in [3.8, 4) is 0 Å². The minimum absolute atomic E-state index is 0.0643. The number of carboxylic acids is 1. The summed E-state index contributed by atoms with van der Waals surface area (Å²) in [5, 5.41) is 14.6. The molecule has 0 unspecified atom stereocenters. The van der Waals surface area contributed by atoms with Crippen molar-refractivity contribution in [3.05, 3.63) is 29.8 Å². The molecule has 1 heterocycles. The lowest BCUT2D eigenvalue weighted by molar-refractivity contribution is -0.117. The van der Waals surface area contributed by atoms with Crippen molar-refractivity contribution in [2.24, 2.45) is 0 Å². The van der Waals surface area contributed by atoms with Crippen molar-refractivity contribution >= 4 is 17.6 Å². The van der Waals surface area contributed by atoms with Gasteiger partial charge < -0.3 is 15.7 Å². The summed E-state index contributed by atoms with van der Waals surface area (Å²) in [5.41, 5.74) is 0.829. The Hall–Kier alpha value is -1.88. The second-order valence-electron chi connectivity index (χ2n) is 4.02. The maximum absolute atomic E-state index is 11.7. The van der Waals surface area contributed by atoms with Crippen LogP contribution in [-0.4, -0.2) is 29.6 Å². The molecule has 0 radical (unpaired) electrons. The lowest BCUT2D eigenvalue weighted by atomic mass is 10.2. The van der Waals surface area contributed by atoms with Crippen LogP contribution in [0.25, 0.3) is 0 Å². The Kier molecular flexibility index (Phi) is 3.39. The van der Waals surface area contributed by atoms with Crippen LogP contribution < -0.4 is 10.6 Å². The van der Waals surface area contributed by atoms with Gasteiger partial charge in [-0.3, -0.25) is 4.79 Å². The highest BCUT2D eigenvalue weighted by atomic mass is 16.4. The predicted molar refractivity (Wildman–Crippen MR) is 63.1 cm³/mol. The van der Waals surface area contributed by atoms with Gasteiger partial charge in [0.25, 0.3) is 0 Å². The zero-order valence-corrected chi connectivity index (χ0v) is 9.27. The molecule has 17 heavy (non-hydrogen) atoms. The number of carboxylic acid groups (broad SMARTS) is 1. The Morgan fingerprint density at radius 3 is 2.53 bits per heavy atom. The molecule has 1 aliphatic rings. The molecule has 1 aromatic carbocycles. The van der Waals surface area contributed by atoms with Crippen LogP contribution >= 0.6 is 0 Å². The molecular weight excluding hydrogens is 220 g/mol. The predicted octanol–water partition coefficient (Wildman–Crippen LogP) is 1.08. The van der Waals surface area contributed by atoms with E-state index in [1.807, 2.05) is 0 Å². The van der Waals surface area contributed by atoms with E-state index in [0.717, 1.165) is 19.4 Å². The third-order valence-corrected chi connectivity index (χ3v) is 2.78. The van der Waals surface area contributed by atoms with Gasteiger partial charge in [0.1, 0.15) is 0 Å². The summed E-state index contributed by atoms with van der Waals surface area (Å²) in [7, 11) is 0. The SMILES string of the molecule is O=C(O)c1ccc(NC(=O)[C@H]2CCCN2)cc1. The van der Waals surface area contributed by atoms with Gasteiger partial charge in [0.2, 0.25) is 5.91 Å². The second-order valence-corrected chi connectivity index (χ2v) is 4.02. The minimum atomic E-state index is -0.972. The molecule has 1 atom stereocenters. The maximum atomic E-state index is 11.7. The summed E-state index contributed by atoms with van der Waals surface area (Å²) in [4.78, 5) is 22.4. The van der Waals surface area contributed by atoms with Crippen LogP contribution in [0, 0.1) is 0 Å². The molecule has 5 nitrogen and oxygen atoms in total. The number of rotatable bonds is 3. The fraction of sp³-hybridized carbons (Fsp3) is 0.333. The summed E-state index contributed by atoms with van der Waals surface area (Å²) in [6, 6.07) is 6.00. The minimum Gasteiger partial charge on any atom is -0.478 e. The average Bonchev–Trinajstić information content (AvgIpc) is 2.83. The standard InChI is InChI=1S/C12H14N2O3/c15-11(10-2-1-7-13-10)14-9-5-3-8(4-6-9)12(16)17/h3-6,10,13H,1-2,7H2,(H,14,15)(H,16,17)/t10-/m1/s1. The number of anilines is 1.